The largest absolute Gasteiger partial charge is 0.456 e. The number of imidazole rings is 1. The average Bonchev–Trinajstić information content (AvgIpc) is 3.68. The first-order chi connectivity index (χ1) is 22.5. The Kier molecular flexibility index (Phi) is 6.61. The summed E-state index contributed by atoms with van der Waals surface area (Å²) >= 11 is 0. The van der Waals surface area contributed by atoms with Crippen LogP contribution < -0.4 is 9.30 Å². The molecule has 0 spiro atoms. The number of ether oxygens (including phenoxy) is 1. The van der Waals surface area contributed by atoms with Gasteiger partial charge in [0, 0.05) is 44.4 Å². The number of nitrogens with zero attached hydrogens (tertiary/aromatic N) is 5. The van der Waals surface area contributed by atoms with E-state index < -0.39 is 6.37 Å². The molecule has 7 aromatic rings. The predicted octanol–water partition coefficient (Wildman–Crippen LogP) is 8.73. The zero-order chi connectivity index (χ0) is 32.9. The molecule has 0 aliphatic rings. The highest BCUT2D eigenvalue weighted by Crippen LogP contribution is 2.35. The zero-order valence-corrected chi connectivity index (χ0v) is 26.2. The first kappa shape index (κ1) is 26.2. The molecule has 0 amide bonds. The van der Waals surface area contributed by atoms with Crippen LogP contribution in [0.15, 0.2) is 116 Å². The quantitative estimate of drug-likeness (QED) is 0.137. The minimum Gasteiger partial charge on any atom is -0.456 e. The van der Waals surface area contributed by atoms with Crippen LogP contribution in [0.5, 0.6) is 11.5 Å². The van der Waals surface area contributed by atoms with Gasteiger partial charge in [0.05, 0.1) is 28.6 Å². The fourth-order valence-corrected chi connectivity index (χ4v) is 5.68. The van der Waals surface area contributed by atoms with Crippen molar-refractivity contribution >= 4 is 21.8 Å². The molecule has 224 valence electrons. The number of rotatable bonds is 7. The normalized spacial score (nSPS) is 12.9. The molecule has 45 heavy (non-hydrogen) atoms. The third kappa shape index (κ3) is 5.72. The smallest absolute Gasteiger partial charge is 0.268 e. The molecule has 0 N–H and O–H groups in total. The lowest BCUT2D eigenvalue weighted by molar-refractivity contribution is -0.599. The average molecular weight is 594 g/mol. The van der Waals surface area contributed by atoms with Crippen LogP contribution in [0.3, 0.4) is 0 Å². The molecule has 0 unspecified atom stereocenters. The molecule has 6 nitrogen and oxygen atoms in total. The van der Waals surface area contributed by atoms with Gasteiger partial charge in [0.2, 0.25) is 0 Å². The molecule has 3 aromatic carbocycles. The topological polar surface area (TPSA) is 48.8 Å². The van der Waals surface area contributed by atoms with Crippen LogP contribution >= 0.6 is 0 Å². The summed E-state index contributed by atoms with van der Waals surface area (Å²) in [5, 5.41) is 2.28. The molecular formula is C39H37N5O. The fourth-order valence-electron chi connectivity index (χ4n) is 5.68. The minimum absolute atomic E-state index is 0.00719. The van der Waals surface area contributed by atoms with Crippen LogP contribution in [0.1, 0.15) is 48.5 Å². The highest BCUT2D eigenvalue weighted by Gasteiger charge is 2.18. The van der Waals surface area contributed by atoms with Gasteiger partial charge in [-0.15, -0.1) is 0 Å². The van der Waals surface area contributed by atoms with Gasteiger partial charge >= 0.3 is 0 Å². The summed E-state index contributed by atoms with van der Waals surface area (Å²) in [6.07, 6.45) is 11.0. The molecule has 4 aromatic heterocycles. The number of hydrogen-bond donors (Lipinski definition) is 0. The van der Waals surface area contributed by atoms with Crippen LogP contribution in [0, 0.1) is 12.2 Å². The van der Waals surface area contributed by atoms with Crippen molar-refractivity contribution in [1.29, 1.82) is 0 Å². The van der Waals surface area contributed by atoms with E-state index in [1.54, 1.807) is 12.4 Å². The Labute approximate surface area is 267 Å². The summed E-state index contributed by atoms with van der Waals surface area (Å²) in [5.74, 6) is 2.01. The second kappa shape index (κ2) is 11.4. The van der Waals surface area contributed by atoms with Crippen LogP contribution in [0.25, 0.3) is 39.0 Å². The summed E-state index contributed by atoms with van der Waals surface area (Å²) in [4.78, 5) is 9.25. The van der Waals surface area contributed by atoms with Crippen LogP contribution in [-0.2, 0) is 11.8 Å². The van der Waals surface area contributed by atoms with Crippen molar-refractivity contribution in [1.82, 2.24) is 19.1 Å². The summed E-state index contributed by atoms with van der Waals surface area (Å²) in [5.41, 5.74) is 5.57. The van der Waals surface area contributed by atoms with E-state index >= 15 is 0 Å². The van der Waals surface area contributed by atoms with E-state index in [-0.39, 0.29) is 11.3 Å². The number of aromatic nitrogens is 5. The number of benzene rings is 3. The highest BCUT2D eigenvalue weighted by molar-refractivity contribution is 6.09. The van der Waals surface area contributed by atoms with E-state index in [4.69, 9.17) is 12.5 Å². The van der Waals surface area contributed by atoms with Gasteiger partial charge in [-0.1, -0.05) is 70.5 Å². The van der Waals surface area contributed by atoms with E-state index in [0.29, 0.717) is 17.1 Å². The SMILES string of the molecule is [2H]C([2H])(c1cccc(-[n+]2[c-]n(-c3cncc(Oc4ccc5c6ccccc6n(-c6cc(C(C)(C)C)ccn6)c5c4)c3)cc2)c1)C(C)C. The maximum absolute atomic E-state index is 8.51. The maximum atomic E-state index is 8.51. The van der Waals surface area contributed by atoms with Crippen molar-refractivity contribution < 1.29 is 12.0 Å². The molecule has 0 aliphatic heterocycles. The number of fused-ring (bicyclic) bond motifs is 3. The lowest BCUT2D eigenvalue weighted by atomic mass is 9.88. The first-order valence-corrected chi connectivity index (χ1v) is 15.3. The molecule has 0 saturated heterocycles. The molecule has 4 heterocycles. The Bertz CT molecular complexity index is 2240. The van der Waals surface area contributed by atoms with E-state index in [2.05, 4.69) is 85.2 Å². The van der Waals surface area contributed by atoms with Crippen molar-refractivity contribution in [3.8, 4) is 28.7 Å². The van der Waals surface area contributed by atoms with Crippen molar-refractivity contribution in [2.75, 3.05) is 0 Å². The molecule has 0 atom stereocenters. The third-order valence-electron chi connectivity index (χ3n) is 7.86. The number of hydrogen-bond acceptors (Lipinski definition) is 3. The van der Waals surface area contributed by atoms with E-state index in [0.717, 1.165) is 39.0 Å². The maximum Gasteiger partial charge on any atom is 0.268 e. The lowest BCUT2D eigenvalue weighted by Gasteiger charge is -2.20. The van der Waals surface area contributed by atoms with Gasteiger partial charge in [0.1, 0.15) is 17.3 Å². The molecular weight excluding hydrogens is 554 g/mol. The molecule has 7 rings (SSSR count). The van der Waals surface area contributed by atoms with Gasteiger partial charge < -0.3 is 4.74 Å². The summed E-state index contributed by atoms with van der Waals surface area (Å²) < 4.78 is 29.3. The Balaban J connectivity index is 1.22. The van der Waals surface area contributed by atoms with Crippen molar-refractivity contribution in [2.24, 2.45) is 5.92 Å². The summed E-state index contributed by atoms with van der Waals surface area (Å²) in [7, 11) is 0. The minimum atomic E-state index is -1.43. The van der Waals surface area contributed by atoms with Gasteiger partial charge in [-0.05, 0) is 71.8 Å². The summed E-state index contributed by atoms with van der Waals surface area (Å²) in [6.45, 7) is 10.4. The zero-order valence-electron chi connectivity index (χ0n) is 28.2. The molecule has 0 bridgehead atoms. The van der Waals surface area contributed by atoms with Gasteiger partial charge in [-0.3, -0.25) is 18.7 Å². The Morgan fingerprint density at radius 2 is 1.73 bits per heavy atom. The van der Waals surface area contributed by atoms with Crippen molar-refractivity contribution in [2.45, 2.75) is 46.4 Å². The van der Waals surface area contributed by atoms with Crippen molar-refractivity contribution in [3.63, 3.8) is 0 Å². The molecule has 0 saturated carbocycles. The Hall–Kier alpha value is -5.23. The second-order valence-electron chi connectivity index (χ2n) is 12.7. The molecule has 6 heteroatoms. The van der Waals surface area contributed by atoms with E-state index in [1.165, 1.54) is 5.56 Å². The van der Waals surface area contributed by atoms with E-state index in [9.17, 15) is 0 Å². The summed E-state index contributed by atoms with van der Waals surface area (Å²) in [6, 6.07) is 28.3. The van der Waals surface area contributed by atoms with Gasteiger partial charge in [-0.25, -0.2) is 4.98 Å². The lowest BCUT2D eigenvalue weighted by Crippen LogP contribution is -2.28. The van der Waals surface area contributed by atoms with Crippen LogP contribution in [-0.4, -0.2) is 19.1 Å². The number of para-hydroxylation sites is 1. The van der Waals surface area contributed by atoms with Crippen LogP contribution in [0.2, 0.25) is 0 Å². The monoisotopic (exact) mass is 593 g/mol. The predicted molar refractivity (Wildman–Crippen MR) is 180 cm³/mol. The molecule has 0 radical (unpaired) electrons. The Morgan fingerprint density at radius 1 is 0.889 bits per heavy atom. The molecule has 0 fully saturated rings. The second-order valence-corrected chi connectivity index (χ2v) is 12.7. The van der Waals surface area contributed by atoms with Crippen molar-refractivity contribution in [3.05, 3.63) is 133 Å². The van der Waals surface area contributed by atoms with Gasteiger partial charge in [0.25, 0.3) is 6.33 Å². The molecule has 0 aliphatic carbocycles. The van der Waals surface area contributed by atoms with Crippen LogP contribution in [0.4, 0.5) is 0 Å². The first-order valence-electron chi connectivity index (χ1n) is 16.3. The third-order valence-corrected chi connectivity index (χ3v) is 7.86. The fraction of sp³-hybridized carbons (Fsp3) is 0.205. The standard InChI is InChI=1S/C39H37N5O/c1-27(2)19-28-9-8-10-30(20-28)42-17-18-43(26-42)31-22-33(25-40-24-31)45-32-13-14-35-34-11-6-7-12-36(34)44(37(35)23-32)38-21-29(15-16-41-38)39(3,4)5/h6-18,20-25,27H,19H2,1-5H3/i19D2. The van der Waals surface area contributed by atoms with E-state index in [1.807, 2.05) is 78.0 Å². The van der Waals surface area contributed by atoms with Gasteiger partial charge in [-0.2, -0.15) is 0 Å². The Morgan fingerprint density at radius 3 is 2.58 bits per heavy atom. The highest BCUT2D eigenvalue weighted by atomic mass is 16.5. The number of pyridine rings is 2. The van der Waals surface area contributed by atoms with Gasteiger partial charge in [0.15, 0.2) is 0 Å².